The predicted molar refractivity (Wildman–Crippen MR) is 78.4 cm³/mol. The number of aromatic nitrogens is 1. The van der Waals surface area contributed by atoms with Crippen molar-refractivity contribution in [1.29, 1.82) is 0 Å². The molecule has 9 nitrogen and oxygen atoms in total. The fraction of sp³-hybridized carbons (Fsp3) is 0.429. The molecule has 0 spiro atoms. The lowest BCUT2D eigenvalue weighted by Crippen LogP contribution is -2.53. The van der Waals surface area contributed by atoms with Crippen LogP contribution in [0.4, 0.5) is 4.79 Å². The maximum Gasteiger partial charge on any atom is 0.324 e. The summed E-state index contributed by atoms with van der Waals surface area (Å²) in [6.45, 7) is 0.466. The number of urea groups is 1. The minimum absolute atomic E-state index is 0.0468. The van der Waals surface area contributed by atoms with Crippen molar-refractivity contribution < 1.29 is 19.1 Å². The first-order valence-electron chi connectivity index (χ1n) is 7.31. The molecule has 1 aromatic rings. The number of carbonyl (C=O) groups is 3. The van der Waals surface area contributed by atoms with Crippen LogP contribution in [0.5, 0.6) is 5.88 Å². The second-order valence-electron chi connectivity index (χ2n) is 5.39. The number of nitrogens with two attached hydrogens (primary N) is 1. The molecule has 1 aromatic heterocycles. The van der Waals surface area contributed by atoms with Crippen LogP contribution < -0.4 is 21.1 Å². The number of primary amides is 1. The first-order chi connectivity index (χ1) is 11.1. The van der Waals surface area contributed by atoms with Crippen molar-refractivity contribution in [2.24, 2.45) is 5.73 Å². The molecule has 0 aromatic carbocycles. The van der Waals surface area contributed by atoms with Crippen LogP contribution in [-0.2, 0) is 4.79 Å². The maximum absolute atomic E-state index is 11.7. The smallest absolute Gasteiger partial charge is 0.324 e. The highest BCUT2D eigenvalue weighted by atomic mass is 16.5. The average molecular weight is 319 g/mol. The molecule has 9 heteroatoms. The van der Waals surface area contributed by atoms with E-state index in [1.807, 2.05) is 0 Å². The lowest BCUT2D eigenvalue weighted by Gasteiger charge is -2.33. The Kier molecular flexibility index (Phi) is 4.11. The van der Waals surface area contributed by atoms with Crippen LogP contribution in [0.1, 0.15) is 23.2 Å². The van der Waals surface area contributed by atoms with Crippen molar-refractivity contribution in [1.82, 2.24) is 20.5 Å². The topological polar surface area (TPSA) is 127 Å². The first kappa shape index (κ1) is 15.2. The molecule has 23 heavy (non-hydrogen) atoms. The van der Waals surface area contributed by atoms with Crippen LogP contribution in [0.25, 0.3) is 0 Å². The minimum Gasteiger partial charge on any atom is -0.458 e. The Hall–Kier alpha value is -2.68. The Labute approximate surface area is 132 Å². The van der Waals surface area contributed by atoms with Crippen molar-refractivity contribution in [3.05, 3.63) is 23.9 Å². The van der Waals surface area contributed by atoms with Crippen LogP contribution >= 0.6 is 0 Å². The van der Waals surface area contributed by atoms with Gasteiger partial charge >= 0.3 is 6.03 Å². The molecule has 3 rings (SSSR count). The Bertz CT molecular complexity index is 626. The van der Waals surface area contributed by atoms with Crippen LogP contribution in [0.15, 0.2) is 18.3 Å². The van der Waals surface area contributed by atoms with Gasteiger partial charge in [-0.25, -0.2) is 9.78 Å². The summed E-state index contributed by atoms with van der Waals surface area (Å²) in [6.07, 6.45) is 2.33. The molecule has 2 aliphatic heterocycles. The highest BCUT2D eigenvalue weighted by molar-refractivity contribution is 6.02. The molecular weight excluding hydrogens is 302 g/mol. The quantitative estimate of drug-likeness (QED) is 0.623. The fourth-order valence-corrected chi connectivity index (χ4v) is 2.75. The summed E-state index contributed by atoms with van der Waals surface area (Å²) in [6, 6.07) is 2.59. The number of imide groups is 1. The standard InChI is InChI=1S/C14H17N5O4/c15-12(21)9-2-1-5-16-13(9)23-10-4-3-8(6-17-10)19-11(20)7-18-14(19)22/h1-2,5,8,10,17H,3-4,6-7H2,(H2,15,21)(H,18,22)/t8-,10-/m1/s1. The highest BCUT2D eigenvalue weighted by Crippen LogP contribution is 2.20. The number of amides is 4. The van der Waals surface area contributed by atoms with Gasteiger partial charge in [0, 0.05) is 19.2 Å². The van der Waals surface area contributed by atoms with Crippen molar-refractivity contribution >= 4 is 17.8 Å². The number of nitrogens with zero attached hydrogens (tertiary/aromatic N) is 2. The summed E-state index contributed by atoms with van der Waals surface area (Å²) in [5.74, 6) is -0.658. The Morgan fingerprint density at radius 3 is 2.83 bits per heavy atom. The van der Waals surface area contributed by atoms with Crippen molar-refractivity contribution in [3.8, 4) is 5.88 Å². The largest absolute Gasteiger partial charge is 0.458 e. The van der Waals surface area contributed by atoms with Gasteiger partial charge in [-0.2, -0.15) is 0 Å². The average Bonchev–Trinajstić information content (AvgIpc) is 2.87. The predicted octanol–water partition coefficient (Wildman–Crippen LogP) is -0.811. The number of hydrogen-bond donors (Lipinski definition) is 3. The van der Waals surface area contributed by atoms with Crippen molar-refractivity contribution in [3.63, 3.8) is 0 Å². The van der Waals surface area contributed by atoms with E-state index in [1.54, 1.807) is 12.1 Å². The number of piperidine rings is 1. The van der Waals surface area contributed by atoms with Gasteiger partial charge in [0.1, 0.15) is 5.56 Å². The third-order valence-corrected chi connectivity index (χ3v) is 3.88. The van der Waals surface area contributed by atoms with Crippen molar-refractivity contribution in [2.45, 2.75) is 25.1 Å². The minimum atomic E-state index is -0.610. The van der Waals surface area contributed by atoms with E-state index in [2.05, 4.69) is 15.6 Å². The molecule has 0 saturated carbocycles. The Balaban J connectivity index is 1.61. The summed E-state index contributed by atoms with van der Waals surface area (Å²) >= 11 is 0. The van der Waals surface area contributed by atoms with Crippen LogP contribution in [0.2, 0.25) is 0 Å². The van der Waals surface area contributed by atoms with E-state index >= 15 is 0 Å². The summed E-state index contributed by atoms with van der Waals surface area (Å²) in [7, 11) is 0. The zero-order valence-corrected chi connectivity index (χ0v) is 12.3. The normalized spacial score (nSPS) is 24.4. The number of nitrogens with one attached hydrogen (secondary N) is 2. The molecule has 4 N–H and O–H groups in total. The molecule has 2 saturated heterocycles. The molecule has 122 valence electrons. The molecule has 2 fully saturated rings. The second-order valence-corrected chi connectivity index (χ2v) is 5.39. The lowest BCUT2D eigenvalue weighted by atomic mass is 10.0. The summed E-state index contributed by atoms with van der Waals surface area (Å²) < 4.78 is 5.69. The Morgan fingerprint density at radius 2 is 2.22 bits per heavy atom. The van der Waals surface area contributed by atoms with E-state index in [-0.39, 0.29) is 42.2 Å². The molecular formula is C14H17N5O4. The zero-order chi connectivity index (χ0) is 16.4. The molecule has 3 heterocycles. The number of ether oxygens (including phenoxy) is 1. The molecule has 4 amide bonds. The van der Waals surface area contributed by atoms with Gasteiger partial charge in [0.25, 0.3) is 5.91 Å². The molecule has 2 atom stereocenters. The third kappa shape index (κ3) is 3.09. The van der Waals surface area contributed by atoms with E-state index in [1.165, 1.54) is 11.1 Å². The fourth-order valence-electron chi connectivity index (χ4n) is 2.75. The number of hydrogen-bond acceptors (Lipinski definition) is 6. The number of rotatable bonds is 4. The summed E-state index contributed by atoms with van der Waals surface area (Å²) in [5.41, 5.74) is 5.50. The van der Waals surface area contributed by atoms with Gasteiger partial charge in [-0.3, -0.25) is 19.8 Å². The SMILES string of the molecule is NC(=O)c1cccnc1O[C@@H]1CC[C@@H](N2C(=O)CNC2=O)CN1. The number of pyridine rings is 1. The summed E-state index contributed by atoms with van der Waals surface area (Å²) in [4.78, 5) is 40.0. The molecule has 2 aliphatic rings. The van der Waals surface area contributed by atoms with E-state index in [0.29, 0.717) is 19.4 Å². The molecule has 0 bridgehead atoms. The Morgan fingerprint density at radius 1 is 1.39 bits per heavy atom. The van der Waals surface area contributed by atoms with Crippen LogP contribution in [-0.4, -0.2) is 53.1 Å². The molecule has 0 unspecified atom stereocenters. The third-order valence-electron chi connectivity index (χ3n) is 3.88. The van der Waals surface area contributed by atoms with E-state index < -0.39 is 5.91 Å². The lowest BCUT2D eigenvalue weighted by molar-refractivity contribution is -0.127. The van der Waals surface area contributed by atoms with Gasteiger partial charge in [0.15, 0.2) is 6.23 Å². The van der Waals surface area contributed by atoms with Gasteiger partial charge in [-0.15, -0.1) is 0 Å². The highest BCUT2D eigenvalue weighted by Gasteiger charge is 2.37. The first-order valence-corrected chi connectivity index (χ1v) is 7.31. The monoisotopic (exact) mass is 319 g/mol. The van der Waals surface area contributed by atoms with Gasteiger partial charge in [-0.1, -0.05) is 0 Å². The molecule has 0 radical (unpaired) electrons. The van der Waals surface area contributed by atoms with Gasteiger partial charge in [0.2, 0.25) is 11.8 Å². The van der Waals surface area contributed by atoms with Crippen LogP contribution in [0.3, 0.4) is 0 Å². The van der Waals surface area contributed by atoms with E-state index in [4.69, 9.17) is 10.5 Å². The molecule has 0 aliphatic carbocycles. The van der Waals surface area contributed by atoms with E-state index in [0.717, 1.165) is 0 Å². The van der Waals surface area contributed by atoms with Gasteiger partial charge in [-0.05, 0) is 18.6 Å². The second kappa shape index (κ2) is 6.21. The zero-order valence-electron chi connectivity index (χ0n) is 12.3. The van der Waals surface area contributed by atoms with E-state index in [9.17, 15) is 14.4 Å². The van der Waals surface area contributed by atoms with Crippen molar-refractivity contribution in [2.75, 3.05) is 13.1 Å². The van der Waals surface area contributed by atoms with Gasteiger partial charge < -0.3 is 15.8 Å². The summed E-state index contributed by atoms with van der Waals surface area (Å²) in [5, 5.41) is 5.62. The number of carbonyl (C=O) groups excluding carboxylic acids is 3. The van der Waals surface area contributed by atoms with Crippen LogP contribution in [0, 0.1) is 0 Å². The maximum atomic E-state index is 11.7. The van der Waals surface area contributed by atoms with Gasteiger partial charge in [0.05, 0.1) is 12.6 Å².